The van der Waals surface area contributed by atoms with Crippen molar-refractivity contribution in [1.82, 2.24) is 9.13 Å². The average Bonchev–Trinajstić information content (AvgIpc) is 3.73. The predicted molar refractivity (Wildman–Crippen MR) is 225 cm³/mol. The van der Waals surface area contributed by atoms with Gasteiger partial charge in [-0.05, 0) is 83.6 Å². The third-order valence-electron chi connectivity index (χ3n) is 10.9. The van der Waals surface area contributed by atoms with Crippen molar-refractivity contribution in [2.45, 2.75) is 0 Å². The third kappa shape index (κ3) is 4.54. The number of fused-ring (bicyclic) bond motifs is 8. The Morgan fingerprint density at radius 3 is 1.23 bits per heavy atom. The summed E-state index contributed by atoms with van der Waals surface area (Å²) in [5, 5.41) is 9.85. The van der Waals surface area contributed by atoms with Crippen LogP contribution in [0.4, 0.5) is 17.1 Å². The topological polar surface area (TPSA) is 13.1 Å². The first-order chi connectivity index (χ1) is 26.3. The van der Waals surface area contributed by atoms with Crippen LogP contribution >= 0.6 is 0 Å². The molecule has 3 nitrogen and oxygen atoms in total. The Kier molecular flexibility index (Phi) is 6.55. The van der Waals surface area contributed by atoms with Gasteiger partial charge in [-0.2, -0.15) is 0 Å². The van der Waals surface area contributed by atoms with E-state index in [0.29, 0.717) is 0 Å². The van der Waals surface area contributed by atoms with Crippen LogP contribution in [0.2, 0.25) is 0 Å². The van der Waals surface area contributed by atoms with Crippen LogP contribution in [0.1, 0.15) is 0 Å². The van der Waals surface area contributed by atoms with Gasteiger partial charge >= 0.3 is 0 Å². The highest BCUT2D eigenvalue weighted by molar-refractivity contribution is 6.19. The molecule has 9 aromatic carbocycles. The van der Waals surface area contributed by atoms with E-state index in [1.807, 2.05) is 0 Å². The minimum absolute atomic E-state index is 1.11. The molecule has 53 heavy (non-hydrogen) atoms. The number of aromatic nitrogens is 2. The summed E-state index contributed by atoms with van der Waals surface area (Å²) in [6, 6.07) is 72.7. The van der Waals surface area contributed by atoms with Crippen LogP contribution in [0.3, 0.4) is 0 Å². The van der Waals surface area contributed by atoms with E-state index < -0.39 is 0 Å². The zero-order chi connectivity index (χ0) is 34.9. The molecule has 0 aliphatic heterocycles. The van der Waals surface area contributed by atoms with Gasteiger partial charge in [0.2, 0.25) is 0 Å². The lowest BCUT2D eigenvalue weighted by Gasteiger charge is -2.28. The Morgan fingerprint density at radius 2 is 0.698 bits per heavy atom. The maximum absolute atomic E-state index is 2.43. The fourth-order valence-electron chi connectivity index (χ4n) is 8.53. The standard InChI is InChI=1S/C50H33N3/c1-2-18-36(19-3-1)52-47-24-10-8-22-41(47)43-33-50-44(32-49(43)52)42-23-9-11-25-48(42)53(50)38-30-28-37(29-31-38)51(45-26-12-16-34-14-4-6-20-39(34)45)46-27-13-17-35-15-5-7-21-40(35)46/h1-33H. The highest BCUT2D eigenvalue weighted by Gasteiger charge is 2.20. The number of para-hydroxylation sites is 3. The van der Waals surface area contributed by atoms with Gasteiger partial charge in [0.1, 0.15) is 0 Å². The molecule has 248 valence electrons. The molecular formula is C50H33N3. The van der Waals surface area contributed by atoms with Crippen LogP contribution in [-0.2, 0) is 0 Å². The SMILES string of the molecule is c1ccc(-n2c3ccccc3c3cc4c(cc32)c2ccccc2n4-c2ccc(N(c3cccc4ccccc34)c3cccc4ccccc34)cc2)cc1. The van der Waals surface area contributed by atoms with Crippen LogP contribution in [0.5, 0.6) is 0 Å². The van der Waals surface area contributed by atoms with E-state index in [0.717, 1.165) is 22.7 Å². The summed E-state index contributed by atoms with van der Waals surface area (Å²) in [6.07, 6.45) is 0. The van der Waals surface area contributed by atoms with Gasteiger partial charge in [-0.3, -0.25) is 0 Å². The first-order valence-corrected chi connectivity index (χ1v) is 18.2. The van der Waals surface area contributed by atoms with Gasteiger partial charge in [0.25, 0.3) is 0 Å². The summed E-state index contributed by atoms with van der Waals surface area (Å²) in [5.41, 5.74) is 10.5. The number of benzene rings is 9. The van der Waals surface area contributed by atoms with Gasteiger partial charge in [-0.25, -0.2) is 0 Å². The highest BCUT2D eigenvalue weighted by atomic mass is 15.1. The number of hydrogen-bond donors (Lipinski definition) is 0. The maximum atomic E-state index is 2.43. The summed E-state index contributed by atoms with van der Waals surface area (Å²) in [6.45, 7) is 0. The normalized spacial score (nSPS) is 11.8. The van der Waals surface area contributed by atoms with E-state index in [-0.39, 0.29) is 0 Å². The molecule has 0 N–H and O–H groups in total. The molecule has 2 heterocycles. The van der Waals surface area contributed by atoms with E-state index in [1.54, 1.807) is 0 Å². The van der Waals surface area contributed by atoms with Crippen LogP contribution in [0.15, 0.2) is 200 Å². The molecule has 11 rings (SSSR count). The minimum Gasteiger partial charge on any atom is -0.309 e. The molecule has 0 saturated heterocycles. The van der Waals surface area contributed by atoms with E-state index in [9.17, 15) is 0 Å². The van der Waals surface area contributed by atoms with Gasteiger partial charge in [0.05, 0.1) is 33.4 Å². The Hall–Kier alpha value is -7.10. The first-order valence-electron chi connectivity index (χ1n) is 18.2. The summed E-state index contributed by atoms with van der Waals surface area (Å²) >= 11 is 0. The van der Waals surface area contributed by atoms with Gasteiger partial charge in [0.15, 0.2) is 0 Å². The molecule has 3 heteroatoms. The van der Waals surface area contributed by atoms with Crippen molar-refractivity contribution in [2.75, 3.05) is 4.90 Å². The number of nitrogens with zero attached hydrogens (tertiary/aromatic N) is 3. The molecule has 0 radical (unpaired) electrons. The van der Waals surface area contributed by atoms with E-state index in [2.05, 4.69) is 214 Å². The van der Waals surface area contributed by atoms with E-state index in [4.69, 9.17) is 0 Å². The Balaban J connectivity index is 1.14. The summed E-state index contributed by atoms with van der Waals surface area (Å²) in [4.78, 5) is 2.42. The molecule has 0 saturated carbocycles. The fourth-order valence-corrected chi connectivity index (χ4v) is 8.53. The van der Waals surface area contributed by atoms with Crippen molar-refractivity contribution in [3.05, 3.63) is 200 Å². The molecular weight excluding hydrogens is 643 g/mol. The lowest BCUT2D eigenvalue weighted by Crippen LogP contribution is -2.11. The predicted octanol–water partition coefficient (Wildman–Crippen LogP) is 13.7. The van der Waals surface area contributed by atoms with Crippen molar-refractivity contribution in [3.8, 4) is 11.4 Å². The Morgan fingerprint density at radius 1 is 0.283 bits per heavy atom. The Bertz CT molecular complexity index is 3080. The molecule has 0 aliphatic carbocycles. The molecule has 0 unspecified atom stereocenters. The fraction of sp³-hybridized carbons (Fsp3) is 0. The second-order valence-electron chi connectivity index (χ2n) is 13.8. The number of hydrogen-bond acceptors (Lipinski definition) is 1. The lowest BCUT2D eigenvalue weighted by molar-refractivity contribution is 1.17. The summed E-state index contributed by atoms with van der Waals surface area (Å²) in [5.74, 6) is 0. The second kappa shape index (κ2) is 11.7. The zero-order valence-electron chi connectivity index (χ0n) is 28.9. The summed E-state index contributed by atoms with van der Waals surface area (Å²) < 4.78 is 4.84. The minimum atomic E-state index is 1.11. The molecule has 0 bridgehead atoms. The van der Waals surface area contributed by atoms with Crippen LogP contribution in [0.25, 0.3) is 76.5 Å². The third-order valence-corrected chi connectivity index (χ3v) is 10.9. The van der Waals surface area contributed by atoms with Crippen molar-refractivity contribution < 1.29 is 0 Å². The van der Waals surface area contributed by atoms with Crippen molar-refractivity contribution in [3.63, 3.8) is 0 Å². The molecule has 0 spiro atoms. The van der Waals surface area contributed by atoms with Gasteiger partial charge in [-0.15, -0.1) is 0 Å². The van der Waals surface area contributed by atoms with Gasteiger partial charge < -0.3 is 14.0 Å². The van der Waals surface area contributed by atoms with Crippen LogP contribution in [0, 0.1) is 0 Å². The largest absolute Gasteiger partial charge is 0.309 e. The summed E-state index contributed by atoms with van der Waals surface area (Å²) in [7, 11) is 0. The molecule has 0 amide bonds. The van der Waals surface area contributed by atoms with Crippen molar-refractivity contribution >= 4 is 82.2 Å². The van der Waals surface area contributed by atoms with E-state index >= 15 is 0 Å². The quantitative estimate of drug-likeness (QED) is 0.177. The molecule has 0 aliphatic rings. The second-order valence-corrected chi connectivity index (χ2v) is 13.8. The molecule has 11 aromatic rings. The smallest absolute Gasteiger partial charge is 0.0548 e. The highest BCUT2D eigenvalue weighted by Crippen LogP contribution is 2.43. The number of anilines is 3. The zero-order valence-corrected chi connectivity index (χ0v) is 28.9. The maximum Gasteiger partial charge on any atom is 0.0548 e. The molecule has 0 atom stereocenters. The van der Waals surface area contributed by atoms with E-state index in [1.165, 1.54) is 70.8 Å². The monoisotopic (exact) mass is 675 g/mol. The number of rotatable bonds is 5. The Labute approximate surface area is 306 Å². The molecule has 2 aromatic heterocycles. The van der Waals surface area contributed by atoms with Gasteiger partial charge in [0, 0.05) is 49.4 Å². The van der Waals surface area contributed by atoms with Crippen LogP contribution in [-0.4, -0.2) is 9.13 Å². The molecule has 0 fully saturated rings. The van der Waals surface area contributed by atoms with Gasteiger partial charge in [-0.1, -0.05) is 127 Å². The van der Waals surface area contributed by atoms with Crippen molar-refractivity contribution in [2.24, 2.45) is 0 Å². The van der Waals surface area contributed by atoms with Crippen LogP contribution < -0.4 is 4.90 Å². The first kappa shape index (κ1) is 29.6. The van der Waals surface area contributed by atoms with Crippen molar-refractivity contribution in [1.29, 1.82) is 0 Å². The average molecular weight is 676 g/mol. The lowest BCUT2D eigenvalue weighted by atomic mass is 10.0.